The van der Waals surface area contributed by atoms with Crippen molar-refractivity contribution in [3.05, 3.63) is 30.0 Å². The number of fused-ring (bicyclic) bond motifs is 1. The molecule has 84 valence electrons. The van der Waals surface area contributed by atoms with Crippen molar-refractivity contribution in [3.63, 3.8) is 0 Å². The van der Waals surface area contributed by atoms with Gasteiger partial charge in [-0.3, -0.25) is 4.68 Å². The number of benzene rings is 1. The number of nitrogens with zero attached hydrogens (tertiary/aromatic N) is 2. The molecule has 3 rings (SSSR count). The van der Waals surface area contributed by atoms with Crippen molar-refractivity contribution in [1.29, 1.82) is 0 Å². The number of nitrogens with one attached hydrogen (secondary N) is 1. The summed E-state index contributed by atoms with van der Waals surface area (Å²) in [6, 6.07) is 8.45. The van der Waals surface area contributed by atoms with E-state index in [1.807, 2.05) is 0 Å². The molecule has 2 heterocycles. The molecule has 0 spiro atoms. The molecule has 1 aromatic carbocycles. The maximum atomic E-state index is 4.58. The Kier molecular flexibility index (Phi) is 2.40. The highest BCUT2D eigenvalue weighted by Crippen LogP contribution is 2.30. The van der Waals surface area contributed by atoms with E-state index in [9.17, 15) is 0 Å². The van der Waals surface area contributed by atoms with Crippen LogP contribution in [-0.2, 0) is 7.05 Å². The third-order valence-corrected chi connectivity index (χ3v) is 3.51. The van der Waals surface area contributed by atoms with E-state index in [-0.39, 0.29) is 0 Å². The van der Waals surface area contributed by atoms with Crippen LogP contribution in [0.4, 0.5) is 0 Å². The lowest BCUT2D eigenvalue weighted by molar-refractivity contribution is 0.442. The molecule has 0 bridgehead atoms. The minimum atomic E-state index is 0.665. The lowest BCUT2D eigenvalue weighted by atomic mass is 9.92. The fraction of sp³-hybridized carbons (Fsp3) is 0.462. The summed E-state index contributed by atoms with van der Waals surface area (Å²) in [5.41, 5.74) is 2.54. The van der Waals surface area contributed by atoms with E-state index in [1.54, 1.807) is 0 Å². The van der Waals surface area contributed by atoms with Crippen LogP contribution in [0.2, 0.25) is 0 Å². The van der Waals surface area contributed by atoms with E-state index in [1.165, 1.54) is 23.9 Å². The quantitative estimate of drug-likeness (QED) is 0.789. The van der Waals surface area contributed by atoms with E-state index < -0.39 is 0 Å². The van der Waals surface area contributed by atoms with Gasteiger partial charge in [-0.25, -0.2) is 0 Å². The molecule has 1 N–H and O–H groups in total. The average Bonchev–Trinajstić information content (AvgIpc) is 2.66. The van der Waals surface area contributed by atoms with Crippen molar-refractivity contribution < 1.29 is 0 Å². The van der Waals surface area contributed by atoms with Crippen molar-refractivity contribution in [2.75, 3.05) is 13.1 Å². The third-order valence-electron chi connectivity index (χ3n) is 3.51. The van der Waals surface area contributed by atoms with Gasteiger partial charge in [-0.1, -0.05) is 18.2 Å². The monoisotopic (exact) mass is 215 g/mol. The first-order chi connectivity index (χ1) is 7.86. The van der Waals surface area contributed by atoms with Crippen molar-refractivity contribution in [2.45, 2.75) is 18.8 Å². The van der Waals surface area contributed by atoms with Gasteiger partial charge in [0.2, 0.25) is 0 Å². The number of aromatic nitrogens is 2. The lowest BCUT2D eigenvalue weighted by Gasteiger charge is -2.23. The SMILES string of the molecule is Cn1nc2ccccc2c1C1CCNCC1. The van der Waals surface area contributed by atoms with Crippen LogP contribution >= 0.6 is 0 Å². The minimum Gasteiger partial charge on any atom is -0.317 e. The lowest BCUT2D eigenvalue weighted by Crippen LogP contribution is -2.27. The highest BCUT2D eigenvalue weighted by Gasteiger charge is 2.21. The zero-order valence-electron chi connectivity index (χ0n) is 9.61. The molecular weight excluding hydrogens is 198 g/mol. The van der Waals surface area contributed by atoms with Gasteiger partial charge in [0, 0.05) is 24.0 Å². The van der Waals surface area contributed by atoms with E-state index >= 15 is 0 Å². The summed E-state index contributed by atoms with van der Waals surface area (Å²) in [4.78, 5) is 0. The summed E-state index contributed by atoms with van der Waals surface area (Å²) in [5.74, 6) is 0.665. The summed E-state index contributed by atoms with van der Waals surface area (Å²) >= 11 is 0. The smallest absolute Gasteiger partial charge is 0.0926 e. The molecule has 16 heavy (non-hydrogen) atoms. The Morgan fingerprint density at radius 3 is 2.81 bits per heavy atom. The summed E-state index contributed by atoms with van der Waals surface area (Å²) < 4.78 is 2.07. The molecule has 0 atom stereocenters. The van der Waals surface area contributed by atoms with Crippen LogP contribution < -0.4 is 5.32 Å². The predicted octanol–water partition coefficient (Wildman–Crippen LogP) is 2.04. The summed E-state index contributed by atoms with van der Waals surface area (Å²) in [6.45, 7) is 2.26. The van der Waals surface area contributed by atoms with Gasteiger partial charge < -0.3 is 5.32 Å². The maximum Gasteiger partial charge on any atom is 0.0926 e. The van der Waals surface area contributed by atoms with E-state index in [0.717, 1.165) is 18.6 Å². The average molecular weight is 215 g/mol. The largest absolute Gasteiger partial charge is 0.317 e. The Morgan fingerprint density at radius 1 is 1.25 bits per heavy atom. The van der Waals surface area contributed by atoms with Gasteiger partial charge in [0.25, 0.3) is 0 Å². The Balaban J connectivity index is 2.10. The van der Waals surface area contributed by atoms with Gasteiger partial charge in [0.15, 0.2) is 0 Å². The number of hydrogen-bond acceptors (Lipinski definition) is 2. The first-order valence-electron chi connectivity index (χ1n) is 5.98. The Labute approximate surface area is 95.5 Å². The number of hydrogen-bond donors (Lipinski definition) is 1. The predicted molar refractivity (Wildman–Crippen MR) is 65.6 cm³/mol. The molecular formula is C13H17N3. The maximum absolute atomic E-state index is 4.58. The second-order valence-electron chi connectivity index (χ2n) is 4.55. The van der Waals surface area contributed by atoms with Crippen molar-refractivity contribution in [3.8, 4) is 0 Å². The fourth-order valence-corrected chi connectivity index (χ4v) is 2.75. The Hall–Kier alpha value is -1.35. The normalized spacial score (nSPS) is 18.1. The van der Waals surface area contributed by atoms with Gasteiger partial charge in [-0.15, -0.1) is 0 Å². The number of piperidine rings is 1. The van der Waals surface area contributed by atoms with Gasteiger partial charge in [-0.2, -0.15) is 5.10 Å². The Bertz CT molecular complexity index is 495. The highest BCUT2D eigenvalue weighted by atomic mass is 15.3. The molecule has 1 aliphatic heterocycles. The molecule has 1 saturated heterocycles. The fourth-order valence-electron chi connectivity index (χ4n) is 2.75. The van der Waals surface area contributed by atoms with Crippen molar-refractivity contribution in [2.24, 2.45) is 7.05 Å². The third kappa shape index (κ3) is 1.52. The van der Waals surface area contributed by atoms with Gasteiger partial charge in [-0.05, 0) is 32.0 Å². The molecule has 3 nitrogen and oxygen atoms in total. The Morgan fingerprint density at radius 2 is 2.00 bits per heavy atom. The summed E-state index contributed by atoms with van der Waals surface area (Å²) in [5, 5.41) is 9.33. The molecule has 0 unspecified atom stereocenters. The molecule has 0 radical (unpaired) electrons. The van der Waals surface area contributed by atoms with Crippen molar-refractivity contribution >= 4 is 10.9 Å². The molecule has 1 aromatic heterocycles. The second-order valence-corrected chi connectivity index (χ2v) is 4.55. The van der Waals surface area contributed by atoms with E-state index in [0.29, 0.717) is 5.92 Å². The van der Waals surface area contributed by atoms with Crippen LogP contribution in [0.3, 0.4) is 0 Å². The van der Waals surface area contributed by atoms with Crippen molar-refractivity contribution in [1.82, 2.24) is 15.1 Å². The summed E-state index contributed by atoms with van der Waals surface area (Å²) in [6.07, 6.45) is 2.45. The van der Waals surface area contributed by atoms with E-state index in [2.05, 4.69) is 46.4 Å². The molecule has 0 saturated carbocycles. The first-order valence-corrected chi connectivity index (χ1v) is 5.98. The standard InChI is InChI=1S/C13H17N3/c1-16-13(10-6-8-14-9-7-10)11-4-2-3-5-12(11)15-16/h2-5,10,14H,6-9H2,1H3. The molecule has 3 heteroatoms. The minimum absolute atomic E-state index is 0.665. The zero-order chi connectivity index (χ0) is 11.0. The van der Waals surface area contributed by atoms with Crippen LogP contribution in [-0.4, -0.2) is 22.9 Å². The van der Waals surface area contributed by atoms with Crippen LogP contribution in [0, 0.1) is 0 Å². The second kappa shape index (κ2) is 3.91. The van der Waals surface area contributed by atoms with E-state index in [4.69, 9.17) is 0 Å². The summed E-state index contributed by atoms with van der Waals surface area (Å²) in [7, 11) is 2.07. The topological polar surface area (TPSA) is 29.9 Å². The van der Waals surface area contributed by atoms with Gasteiger partial charge in [0.1, 0.15) is 0 Å². The molecule has 2 aromatic rings. The van der Waals surface area contributed by atoms with Gasteiger partial charge >= 0.3 is 0 Å². The molecule has 0 aliphatic carbocycles. The number of aryl methyl sites for hydroxylation is 1. The first kappa shape index (κ1) is 9.85. The highest BCUT2D eigenvalue weighted by molar-refractivity contribution is 5.82. The number of rotatable bonds is 1. The molecule has 0 amide bonds. The van der Waals surface area contributed by atoms with Crippen LogP contribution in [0.5, 0.6) is 0 Å². The zero-order valence-corrected chi connectivity index (χ0v) is 9.61. The van der Waals surface area contributed by atoms with Crippen LogP contribution in [0.15, 0.2) is 24.3 Å². The molecule has 1 fully saturated rings. The van der Waals surface area contributed by atoms with Crippen LogP contribution in [0.1, 0.15) is 24.5 Å². The van der Waals surface area contributed by atoms with Crippen LogP contribution in [0.25, 0.3) is 10.9 Å². The molecule has 1 aliphatic rings. The van der Waals surface area contributed by atoms with Gasteiger partial charge in [0.05, 0.1) is 5.52 Å².